The molecule has 0 aliphatic heterocycles. The lowest BCUT2D eigenvalue weighted by Crippen LogP contribution is -2.37. The minimum absolute atomic E-state index is 0.210. The van der Waals surface area contributed by atoms with Gasteiger partial charge in [-0.15, -0.1) is 0 Å². The van der Waals surface area contributed by atoms with Crippen molar-refractivity contribution in [3.05, 3.63) is 0 Å². The molecule has 0 saturated heterocycles. The molecule has 2 N–H and O–H groups in total. The molecule has 1 aliphatic carbocycles. The van der Waals surface area contributed by atoms with E-state index < -0.39 is 0 Å². The van der Waals surface area contributed by atoms with Crippen molar-refractivity contribution >= 4 is 5.91 Å². The van der Waals surface area contributed by atoms with Crippen LogP contribution in [-0.2, 0) is 9.53 Å². The molecule has 4 heteroatoms. The molecule has 1 amide bonds. The van der Waals surface area contributed by atoms with E-state index in [4.69, 9.17) is 4.74 Å². The highest BCUT2D eigenvalue weighted by molar-refractivity contribution is 5.78. The zero-order valence-electron chi connectivity index (χ0n) is 12.5. The zero-order valence-corrected chi connectivity index (χ0v) is 12.5. The summed E-state index contributed by atoms with van der Waals surface area (Å²) in [6.45, 7) is 5.20. The zero-order chi connectivity index (χ0) is 13.9. The van der Waals surface area contributed by atoms with Gasteiger partial charge in [-0.05, 0) is 18.8 Å². The highest BCUT2D eigenvalue weighted by Crippen LogP contribution is 2.31. The van der Waals surface area contributed by atoms with Gasteiger partial charge in [0.1, 0.15) is 0 Å². The quantitative estimate of drug-likeness (QED) is 0.597. The number of rotatable bonds is 10. The van der Waals surface area contributed by atoms with Crippen LogP contribution in [0.1, 0.15) is 45.4 Å². The highest BCUT2D eigenvalue weighted by Gasteiger charge is 2.23. The molecule has 1 fully saturated rings. The van der Waals surface area contributed by atoms with Crippen LogP contribution >= 0.6 is 0 Å². The van der Waals surface area contributed by atoms with E-state index in [-0.39, 0.29) is 11.8 Å². The number of carbonyl (C=O) groups excluding carboxylic acids is 1. The standard InChI is InChI=1S/C15H30N2O2/c1-3-14(12-13-6-4-5-7-13)15(18)17-9-8-16-10-11-19-2/h13-14,16H,3-12H2,1-2H3,(H,17,18). The first-order chi connectivity index (χ1) is 9.27. The monoisotopic (exact) mass is 270 g/mol. The predicted molar refractivity (Wildman–Crippen MR) is 78.1 cm³/mol. The van der Waals surface area contributed by atoms with Gasteiger partial charge in [-0.3, -0.25) is 4.79 Å². The number of nitrogens with one attached hydrogen (secondary N) is 2. The first kappa shape index (κ1) is 16.4. The predicted octanol–water partition coefficient (Wildman–Crippen LogP) is 1.95. The Morgan fingerprint density at radius 1 is 1.26 bits per heavy atom. The molecule has 1 rings (SSSR count). The van der Waals surface area contributed by atoms with Gasteiger partial charge in [-0.2, -0.15) is 0 Å². The normalized spacial score (nSPS) is 17.6. The van der Waals surface area contributed by atoms with Crippen molar-refractivity contribution in [3.63, 3.8) is 0 Å². The molecular weight excluding hydrogens is 240 g/mol. The average molecular weight is 270 g/mol. The Labute approximate surface area is 117 Å². The van der Waals surface area contributed by atoms with Gasteiger partial charge < -0.3 is 15.4 Å². The SMILES string of the molecule is CCC(CC1CCCC1)C(=O)NCCNCCOC. The fraction of sp³-hybridized carbons (Fsp3) is 0.933. The van der Waals surface area contributed by atoms with Crippen molar-refractivity contribution in [3.8, 4) is 0 Å². The maximum Gasteiger partial charge on any atom is 0.223 e. The summed E-state index contributed by atoms with van der Waals surface area (Å²) >= 11 is 0. The second-order valence-electron chi connectivity index (χ2n) is 5.53. The Balaban J connectivity index is 2.10. The van der Waals surface area contributed by atoms with Crippen molar-refractivity contribution in [1.82, 2.24) is 10.6 Å². The molecule has 0 aromatic heterocycles. The van der Waals surface area contributed by atoms with E-state index in [9.17, 15) is 4.79 Å². The summed E-state index contributed by atoms with van der Waals surface area (Å²) in [5, 5.41) is 6.27. The van der Waals surface area contributed by atoms with Gasteiger partial charge in [-0.25, -0.2) is 0 Å². The fourth-order valence-corrected chi connectivity index (χ4v) is 2.83. The molecule has 1 unspecified atom stereocenters. The van der Waals surface area contributed by atoms with E-state index in [0.717, 1.165) is 31.8 Å². The van der Waals surface area contributed by atoms with Crippen molar-refractivity contribution in [1.29, 1.82) is 0 Å². The van der Waals surface area contributed by atoms with Crippen LogP contribution in [0.4, 0.5) is 0 Å². The van der Waals surface area contributed by atoms with Gasteiger partial charge >= 0.3 is 0 Å². The van der Waals surface area contributed by atoms with E-state index in [1.54, 1.807) is 7.11 Å². The summed E-state index contributed by atoms with van der Waals surface area (Å²) in [5.74, 6) is 1.24. The first-order valence-electron chi connectivity index (χ1n) is 7.75. The van der Waals surface area contributed by atoms with Crippen LogP contribution in [0.25, 0.3) is 0 Å². The molecule has 1 saturated carbocycles. The number of hydrogen-bond acceptors (Lipinski definition) is 3. The van der Waals surface area contributed by atoms with Gasteiger partial charge in [0, 0.05) is 32.7 Å². The van der Waals surface area contributed by atoms with Crippen molar-refractivity contribution in [2.75, 3.05) is 33.4 Å². The molecule has 4 nitrogen and oxygen atoms in total. The molecule has 0 bridgehead atoms. The lowest BCUT2D eigenvalue weighted by atomic mass is 9.91. The Bertz CT molecular complexity index is 240. The summed E-state index contributed by atoms with van der Waals surface area (Å²) in [7, 11) is 1.69. The topological polar surface area (TPSA) is 50.4 Å². The van der Waals surface area contributed by atoms with E-state index in [1.807, 2.05) is 0 Å². The van der Waals surface area contributed by atoms with Crippen LogP contribution in [0, 0.1) is 11.8 Å². The maximum absolute atomic E-state index is 12.1. The Hall–Kier alpha value is -0.610. The average Bonchev–Trinajstić information content (AvgIpc) is 2.92. The highest BCUT2D eigenvalue weighted by atomic mass is 16.5. The van der Waals surface area contributed by atoms with Crippen molar-refractivity contribution in [2.45, 2.75) is 45.4 Å². The third kappa shape index (κ3) is 6.92. The van der Waals surface area contributed by atoms with Gasteiger partial charge in [0.05, 0.1) is 6.61 Å². The van der Waals surface area contributed by atoms with E-state index in [1.165, 1.54) is 25.7 Å². The van der Waals surface area contributed by atoms with E-state index in [2.05, 4.69) is 17.6 Å². The Kier molecular flexibility index (Phi) is 8.84. The third-order valence-corrected chi connectivity index (χ3v) is 4.04. The molecule has 1 atom stereocenters. The molecule has 0 heterocycles. The summed E-state index contributed by atoms with van der Waals surface area (Å²) in [6, 6.07) is 0. The summed E-state index contributed by atoms with van der Waals surface area (Å²) in [5.41, 5.74) is 0. The van der Waals surface area contributed by atoms with Gasteiger partial charge in [0.25, 0.3) is 0 Å². The van der Waals surface area contributed by atoms with Crippen LogP contribution in [-0.4, -0.2) is 39.3 Å². The van der Waals surface area contributed by atoms with E-state index >= 15 is 0 Å². The largest absolute Gasteiger partial charge is 0.383 e. The minimum atomic E-state index is 0.210. The lowest BCUT2D eigenvalue weighted by Gasteiger charge is -2.18. The second kappa shape index (κ2) is 10.2. The van der Waals surface area contributed by atoms with Gasteiger partial charge in [0.15, 0.2) is 0 Å². The summed E-state index contributed by atoms with van der Waals surface area (Å²) < 4.78 is 4.95. The molecule has 19 heavy (non-hydrogen) atoms. The lowest BCUT2D eigenvalue weighted by molar-refractivity contribution is -0.125. The fourth-order valence-electron chi connectivity index (χ4n) is 2.83. The van der Waals surface area contributed by atoms with Crippen LogP contribution in [0.5, 0.6) is 0 Å². The maximum atomic E-state index is 12.1. The van der Waals surface area contributed by atoms with Crippen LogP contribution in [0.15, 0.2) is 0 Å². The van der Waals surface area contributed by atoms with Crippen molar-refractivity contribution < 1.29 is 9.53 Å². The smallest absolute Gasteiger partial charge is 0.223 e. The van der Waals surface area contributed by atoms with Gasteiger partial charge in [0.2, 0.25) is 5.91 Å². The summed E-state index contributed by atoms with van der Waals surface area (Å²) in [4.78, 5) is 12.1. The Morgan fingerprint density at radius 3 is 2.63 bits per heavy atom. The molecule has 1 aliphatic rings. The molecule has 112 valence electrons. The number of methoxy groups -OCH3 is 1. The molecule has 0 radical (unpaired) electrons. The summed E-state index contributed by atoms with van der Waals surface area (Å²) in [6.07, 6.45) is 7.39. The Morgan fingerprint density at radius 2 is 2.00 bits per heavy atom. The van der Waals surface area contributed by atoms with Crippen LogP contribution in [0.3, 0.4) is 0 Å². The molecule has 0 spiro atoms. The number of amides is 1. The van der Waals surface area contributed by atoms with Crippen LogP contribution in [0.2, 0.25) is 0 Å². The molecule has 0 aromatic carbocycles. The van der Waals surface area contributed by atoms with Crippen LogP contribution < -0.4 is 10.6 Å². The first-order valence-corrected chi connectivity index (χ1v) is 7.75. The van der Waals surface area contributed by atoms with E-state index in [0.29, 0.717) is 13.2 Å². The molecular formula is C15H30N2O2. The number of hydrogen-bond donors (Lipinski definition) is 2. The minimum Gasteiger partial charge on any atom is -0.383 e. The van der Waals surface area contributed by atoms with Gasteiger partial charge in [-0.1, -0.05) is 32.6 Å². The number of ether oxygens (including phenoxy) is 1. The van der Waals surface area contributed by atoms with Crippen molar-refractivity contribution in [2.24, 2.45) is 11.8 Å². The second-order valence-corrected chi connectivity index (χ2v) is 5.53. The third-order valence-electron chi connectivity index (χ3n) is 4.04. The number of carbonyl (C=O) groups is 1. The molecule has 0 aromatic rings.